The van der Waals surface area contributed by atoms with Crippen molar-refractivity contribution >= 4 is 34.7 Å². The lowest BCUT2D eigenvalue weighted by molar-refractivity contribution is -0.113. The van der Waals surface area contributed by atoms with E-state index in [2.05, 4.69) is 20.9 Å². The SMILES string of the molecule is Cc1ccc(NC(=O)CSc2nnc(-c3csc4c3CCCC4)o2)cc1. The van der Waals surface area contributed by atoms with Crippen LogP contribution in [0.25, 0.3) is 11.5 Å². The van der Waals surface area contributed by atoms with E-state index in [-0.39, 0.29) is 11.7 Å². The Morgan fingerprint density at radius 3 is 2.88 bits per heavy atom. The van der Waals surface area contributed by atoms with Crippen molar-refractivity contribution in [1.82, 2.24) is 10.2 Å². The van der Waals surface area contributed by atoms with Crippen LogP contribution in [0.3, 0.4) is 0 Å². The van der Waals surface area contributed by atoms with Crippen LogP contribution in [0.1, 0.15) is 28.8 Å². The largest absolute Gasteiger partial charge is 0.411 e. The Morgan fingerprint density at radius 2 is 2.04 bits per heavy atom. The molecular formula is C19H19N3O2S2. The molecule has 0 unspecified atom stereocenters. The van der Waals surface area contributed by atoms with Crippen molar-refractivity contribution in [3.05, 3.63) is 45.6 Å². The van der Waals surface area contributed by atoms with Gasteiger partial charge in [0.15, 0.2) is 0 Å². The maximum Gasteiger partial charge on any atom is 0.277 e. The third-order valence-corrected chi connectivity index (χ3v) is 6.27. The molecule has 1 aliphatic carbocycles. The van der Waals surface area contributed by atoms with Gasteiger partial charge in [-0.3, -0.25) is 4.79 Å². The van der Waals surface area contributed by atoms with E-state index in [4.69, 9.17) is 4.42 Å². The summed E-state index contributed by atoms with van der Waals surface area (Å²) in [5, 5.41) is 13.7. The van der Waals surface area contributed by atoms with Crippen molar-refractivity contribution in [2.75, 3.05) is 11.1 Å². The first kappa shape index (κ1) is 17.3. The van der Waals surface area contributed by atoms with Crippen LogP contribution in [0.4, 0.5) is 5.69 Å². The fraction of sp³-hybridized carbons (Fsp3) is 0.316. The number of hydrogen-bond donors (Lipinski definition) is 1. The summed E-state index contributed by atoms with van der Waals surface area (Å²) < 4.78 is 5.78. The second-order valence-electron chi connectivity index (χ2n) is 6.33. The Hall–Kier alpha value is -2.12. The number of fused-ring (bicyclic) bond motifs is 1. The van der Waals surface area contributed by atoms with Gasteiger partial charge in [0.05, 0.1) is 11.3 Å². The van der Waals surface area contributed by atoms with Crippen molar-refractivity contribution < 1.29 is 9.21 Å². The van der Waals surface area contributed by atoms with Gasteiger partial charge in [0.1, 0.15) is 0 Å². The van der Waals surface area contributed by atoms with Gasteiger partial charge in [-0.25, -0.2) is 0 Å². The predicted octanol–water partition coefficient (Wildman–Crippen LogP) is 4.72. The quantitative estimate of drug-likeness (QED) is 0.644. The molecule has 0 saturated heterocycles. The highest BCUT2D eigenvalue weighted by atomic mass is 32.2. The van der Waals surface area contributed by atoms with Gasteiger partial charge in [-0.15, -0.1) is 21.5 Å². The molecule has 0 radical (unpaired) electrons. The molecule has 0 saturated carbocycles. The Kier molecular flexibility index (Phi) is 5.08. The van der Waals surface area contributed by atoms with Gasteiger partial charge < -0.3 is 9.73 Å². The van der Waals surface area contributed by atoms with E-state index in [0.29, 0.717) is 11.1 Å². The molecule has 0 fully saturated rings. The second kappa shape index (κ2) is 7.63. The number of hydrogen-bond acceptors (Lipinski definition) is 6. The summed E-state index contributed by atoms with van der Waals surface area (Å²) >= 11 is 3.04. The zero-order chi connectivity index (χ0) is 17.9. The Bertz CT molecular complexity index is 915. The number of thioether (sulfide) groups is 1. The number of carbonyl (C=O) groups is 1. The van der Waals surface area contributed by atoms with Gasteiger partial charge in [-0.05, 0) is 50.3 Å². The summed E-state index contributed by atoms with van der Waals surface area (Å²) in [4.78, 5) is 13.5. The number of nitrogens with zero attached hydrogens (tertiary/aromatic N) is 2. The van der Waals surface area contributed by atoms with Crippen LogP contribution in [-0.2, 0) is 17.6 Å². The summed E-state index contributed by atoms with van der Waals surface area (Å²) in [6.07, 6.45) is 4.70. The van der Waals surface area contributed by atoms with E-state index < -0.39 is 0 Å². The first-order chi connectivity index (χ1) is 12.7. The van der Waals surface area contributed by atoms with E-state index in [9.17, 15) is 4.79 Å². The summed E-state index contributed by atoms with van der Waals surface area (Å²) in [7, 11) is 0. The lowest BCUT2D eigenvalue weighted by Gasteiger charge is -2.10. The minimum atomic E-state index is -0.0912. The van der Waals surface area contributed by atoms with Gasteiger partial charge >= 0.3 is 0 Å². The molecule has 2 aromatic heterocycles. The minimum Gasteiger partial charge on any atom is -0.411 e. The minimum absolute atomic E-state index is 0.0912. The molecule has 0 bridgehead atoms. The highest BCUT2D eigenvalue weighted by Gasteiger charge is 2.20. The summed E-state index contributed by atoms with van der Waals surface area (Å²) in [6, 6.07) is 7.72. The van der Waals surface area contributed by atoms with E-state index in [1.807, 2.05) is 31.2 Å². The highest BCUT2D eigenvalue weighted by molar-refractivity contribution is 7.99. The Labute approximate surface area is 160 Å². The maximum absolute atomic E-state index is 12.1. The molecule has 1 aromatic carbocycles. The average molecular weight is 386 g/mol. The van der Waals surface area contributed by atoms with Crippen molar-refractivity contribution in [2.24, 2.45) is 0 Å². The summed E-state index contributed by atoms with van der Waals surface area (Å²) in [6.45, 7) is 2.01. The molecule has 4 rings (SSSR count). The molecule has 2 heterocycles. The molecule has 7 heteroatoms. The molecule has 0 atom stereocenters. The van der Waals surface area contributed by atoms with Crippen LogP contribution in [-0.4, -0.2) is 21.9 Å². The fourth-order valence-corrected chi connectivity index (χ4v) is 4.69. The monoisotopic (exact) mass is 385 g/mol. The number of benzene rings is 1. The first-order valence-electron chi connectivity index (χ1n) is 8.61. The maximum atomic E-state index is 12.1. The van der Waals surface area contributed by atoms with Crippen LogP contribution in [0.5, 0.6) is 0 Å². The van der Waals surface area contributed by atoms with Crippen molar-refractivity contribution in [3.8, 4) is 11.5 Å². The molecule has 1 N–H and O–H groups in total. The standard InChI is InChI=1S/C19H19N3O2S2/c1-12-6-8-13(9-7-12)20-17(23)11-26-19-22-21-18(24-19)15-10-25-16-5-3-2-4-14(15)16/h6-10H,2-5,11H2,1H3,(H,20,23). The van der Waals surface area contributed by atoms with Gasteiger partial charge in [0.2, 0.25) is 11.8 Å². The third-order valence-electron chi connectivity index (χ3n) is 4.36. The molecule has 3 aromatic rings. The van der Waals surface area contributed by atoms with Gasteiger partial charge in [-0.1, -0.05) is 29.5 Å². The molecular weight excluding hydrogens is 366 g/mol. The molecule has 1 amide bonds. The molecule has 5 nitrogen and oxygen atoms in total. The van der Waals surface area contributed by atoms with E-state index >= 15 is 0 Å². The first-order valence-corrected chi connectivity index (χ1v) is 10.5. The number of amides is 1. The van der Waals surface area contributed by atoms with Crippen molar-refractivity contribution in [1.29, 1.82) is 0 Å². The molecule has 26 heavy (non-hydrogen) atoms. The lowest BCUT2D eigenvalue weighted by Crippen LogP contribution is -2.13. The zero-order valence-corrected chi connectivity index (χ0v) is 16.1. The van der Waals surface area contributed by atoms with Crippen LogP contribution >= 0.6 is 23.1 Å². The number of nitrogens with one attached hydrogen (secondary N) is 1. The number of aromatic nitrogens is 2. The smallest absolute Gasteiger partial charge is 0.277 e. The number of anilines is 1. The number of rotatable bonds is 5. The summed E-state index contributed by atoms with van der Waals surface area (Å²) in [5.74, 6) is 0.703. The van der Waals surface area contributed by atoms with Crippen molar-refractivity contribution in [2.45, 2.75) is 37.8 Å². The van der Waals surface area contributed by atoms with Gasteiger partial charge in [0, 0.05) is 15.9 Å². The average Bonchev–Trinajstić information content (AvgIpc) is 3.28. The van der Waals surface area contributed by atoms with E-state index in [0.717, 1.165) is 29.7 Å². The summed E-state index contributed by atoms with van der Waals surface area (Å²) in [5.41, 5.74) is 4.37. The number of thiophene rings is 1. The fourth-order valence-electron chi connectivity index (χ4n) is 3.01. The normalized spacial score (nSPS) is 13.4. The lowest BCUT2D eigenvalue weighted by atomic mass is 9.96. The molecule has 1 aliphatic rings. The highest BCUT2D eigenvalue weighted by Crippen LogP contribution is 2.36. The van der Waals surface area contributed by atoms with E-state index in [1.54, 1.807) is 11.3 Å². The number of carbonyl (C=O) groups excluding carboxylic acids is 1. The predicted molar refractivity (Wildman–Crippen MR) is 105 cm³/mol. The molecule has 0 spiro atoms. The number of aryl methyl sites for hydroxylation is 2. The topological polar surface area (TPSA) is 68.0 Å². The zero-order valence-electron chi connectivity index (χ0n) is 14.4. The van der Waals surface area contributed by atoms with Crippen LogP contribution in [0.2, 0.25) is 0 Å². The Balaban J connectivity index is 1.37. The van der Waals surface area contributed by atoms with Gasteiger partial charge in [0.25, 0.3) is 5.22 Å². The Morgan fingerprint density at radius 1 is 1.23 bits per heavy atom. The van der Waals surface area contributed by atoms with Gasteiger partial charge in [-0.2, -0.15) is 0 Å². The van der Waals surface area contributed by atoms with Crippen LogP contribution < -0.4 is 5.32 Å². The molecule has 0 aliphatic heterocycles. The second-order valence-corrected chi connectivity index (χ2v) is 8.23. The van der Waals surface area contributed by atoms with Crippen LogP contribution in [0.15, 0.2) is 39.3 Å². The van der Waals surface area contributed by atoms with Crippen molar-refractivity contribution in [3.63, 3.8) is 0 Å². The van der Waals surface area contributed by atoms with Crippen LogP contribution in [0, 0.1) is 6.92 Å². The van der Waals surface area contributed by atoms with E-state index in [1.165, 1.54) is 35.0 Å². The third kappa shape index (κ3) is 3.83. The molecule has 134 valence electrons.